The molecule has 0 nitrogen and oxygen atoms in total. The van der Waals surface area contributed by atoms with Crippen LogP contribution in [0.2, 0.25) is 0 Å². The third-order valence-corrected chi connectivity index (χ3v) is 0. The molecule has 0 rings (SSSR count). The standard InChI is InChI=1S/BH3.2Co.H3P.2W/h1H3;;;1H3;;. The van der Waals surface area contributed by atoms with Crippen molar-refractivity contribution in [1.29, 1.82) is 0 Å². The summed E-state index contributed by atoms with van der Waals surface area (Å²) in [4.78, 5) is 0. The van der Waals surface area contributed by atoms with Gasteiger partial charge in [0.25, 0.3) is 0 Å². The zero-order chi connectivity index (χ0) is 0. The fraction of sp³-hybridized carbons (Fsp3) is 0. The molecule has 0 aliphatic heterocycles. The van der Waals surface area contributed by atoms with Crippen LogP contribution >= 0.6 is 9.90 Å². The van der Waals surface area contributed by atoms with E-state index in [-0.39, 0.29) is 94.0 Å². The van der Waals surface area contributed by atoms with Gasteiger partial charge in [0.15, 0.2) is 0 Å². The maximum atomic E-state index is 0. The van der Waals surface area contributed by atoms with E-state index in [4.69, 9.17) is 0 Å². The molecule has 0 amide bonds. The van der Waals surface area contributed by atoms with Gasteiger partial charge in [-0.05, 0) is 0 Å². The van der Waals surface area contributed by atoms with Gasteiger partial charge in [-0.15, -0.1) is 0 Å². The second-order valence-corrected chi connectivity index (χ2v) is 0. The summed E-state index contributed by atoms with van der Waals surface area (Å²) in [6.07, 6.45) is 0. The van der Waals surface area contributed by atoms with Crippen LogP contribution in [0.1, 0.15) is 0 Å². The van der Waals surface area contributed by atoms with Crippen LogP contribution in [-0.2, 0) is 75.7 Å². The molecule has 1 atom stereocenters. The maximum absolute atomic E-state index is 0. The van der Waals surface area contributed by atoms with Crippen LogP contribution in [0.4, 0.5) is 0 Å². The molecule has 0 aliphatic rings. The van der Waals surface area contributed by atoms with Crippen LogP contribution in [0.15, 0.2) is 0 Å². The van der Waals surface area contributed by atoms with Crippen molar-refractivity contribution >= 4 is 18.3 Å². The number of hydrogen-bond donors (Lipinski definition) is 0. The Labute approximate surface area is 92.9 Å². The quantitative estimate of drug-likeness (QED) is 0.273. The molecular weight excluding hydrogens is 527 g/mol. The summed E-state index contributed by atoms with van der Waals surface area (Å²) in [5.74, 6) is 0. The van der Waals surface area contributed by atoms with E-state index in [0.717, 1.165) is 0 Å². The van der Waals surface area contributed by atoms with E-state index >= 15 is 0 Å². The summed E-state index contributed by atoms with van der Waals surface area (Å²) in [5.41, 5.74) is 0. The first-order chi connectivity index (χ1) is 0. The SMILES string of the molecule is B.P.[Co].[Co].[W].[W]. The summed E-state index contributed by atoms with van der Waals surface area (Å²) in [6, 6.07) is 0. The summed E-state index contributed by atoms with van der Waals surface area (Å²) in [5, 5.41) is 0. The summed E-state index contributed by atoms with van der Waals surface area (Å²) in [6.45, 7) is 0. The first-order valence-electron chi connectivity index (χ1n) is 0. The Morgan fingerprint density at radius 3 is 0.667 bits per heavy atom. The minimum Gasteiger partial charge on any atom is -0.153 e. The molecule has 0 saturated heterocycles. The average Bonchev–Trinajstić information content (AvgIpc) is 0. The molecule has 0 N–H and O–H groups in total. The van der Waals surface area contributed by atoms with Gasteiger partial charge in [0.2, 0.25) is 0 Å². The van der Waals surface area contributed by atoms with Gasteiger partial charge in [0, 0.05) is 75.7 Å². The smallest absolute Gasteiger partial charge is 0.0814 e. The molecule has 0 aliphatic carbocycles. The van der Waals surface area contributed by atoms with E-state index < -0.39 is 0 Å². The molecule has 0 spiro atoms. The molecule has 1 unspecified atom stereocenters. The van der Waals surface area contributed by atoms with Gasteiger partial charge < -0.3 is 0 Å². The van der Waals surface area contributed by atoms with Crippen LogP contribution < -0.4 is 0 Å². The molecule has 44 valence electrons. The third-order valence-electron chi connectivity index (χ3n) is 0. The molecular formula is H6BCo2PW2. The van der Waals surface area contributed by atoms with Crippen LogP contribution in [-0.4, -0.2) is 8.41 Å². The van der Waals surface area contributed by atoms with Crippen molar-refractivity contribution in [3.63, 3.8) is 0 Å². The van der Waals surface area contributed by atoms with Crippen LogP contribution in [0, 0.1) is 0 Å². The minimum atomic E-state index is 0. The first kappa shape index (κ1) is 66.4. The Morgan fingerprint density at radius 2 is 0.667 bits per heavy atom. The van der Waals surface area contributed by atoms with Crippen molar-refractivity contribution in [3.8, 4) is 0 Å². The van der Waals surface area contributed by atoms with Gasteiger partial charge in [-0.1, -0.05) is 0 Å². The van der Waals surface area contributed by atoms with Gasteiger partial charge in [-0.25, -0.2) is 0 Å². The van der Waals surface area contributed by atoms with E-state index in [1.54, 1.807) is 0 Å². The molecule has 0 aromatic heterocycles. The van der Waals surface area contributed by atoms with Crippen molar-refractivity contribution in [1.82, 2.24) is 0 Å². The van der Waals surface area contributed by atoms with Crippen molar-refractivity contribution in [2.24, 2.45) is 0 Å². The van der Waals surface area contributed by atoms with Crippen molar-refractivity contribution < 1.29 is 75.7 Å². The number of hydrogen-bond acceptors (Lipinski definition) is 0. The van der Waals surface area contributed by atoms with E-state index in [1.807, 2.05) is 0 Å². The van der Waals surface area contributed by atoms with Gasteiger partial charge in [-0.2, -0.15) is 9.90 Å². The molecule has 2 radical (unpaired) electrons. The molecule has 0 heterocycles. The second-order valence-electron chi connectivity index (χ2n) is 0. The molecule has 0 aromatic carbocycles. The van der Waals surface area contributed by atoms with Crippen molar-refractivity contribution in [3.05, 3.63) is 0 Å². The van der Waals surface area contributed by atoms with Crippen molar-refractivity contribution in [2.75, 3.05) is 0 Å². The topological polar surface area (TPSA) is 0 Å². The monoisotopic (exact) mass is 534 g/mol. The third kappa shape index (κ3) is 28.7. The van der Waals surface area contributed by atoms with E-state index in [0.29, 0.717) is 0 Å². The van der Waals surface area contributed by atoms with Gasteiger partial charge in [-0.3, -0.25) is 0 Å². The zero-order valence-electron chi connectivity index (χ0n) is 2.19. The zero-order valence-corrected chi connectivity index (χ0v) is 11.6. The van der Waals surface area contributed by atoms with E-state index in [1.165, 1.54) is 0 Å². The first-order valence-corrected chi connectivity index (χ1v) is 0. The van der Waals surface area contributed by atoms with Crippen LogP contribution in [0.3, 0.4) is 0 Å². The van der Waals surface area contributed by atoms with Gasteiger partial charge in [0.05, 0.1) is 8.41 Å². The normalized spacial score (nSPS) is 0. The summed E-state index contributed by atoms with van der Waals surface area (Å²) in [7, 11) is 0. The predicted octanol–water partition coefficient (Wildman–Crippen LogP) is -1.14. The molecule has 0 aromatic rings. The molecule has 6 heteroatoms. The molecule has 0 bridgehead atoms. The van der Waals surface area contributed by atoms with Gasteiger partial charge in [0.1, 0.15) is 0 Å². The summed E-state index contributed by atoms with van der Waals surface area (Å²) >= 11 is 0. The number of rotatable bonds is 0. The van der Waals surface area contributed by atoms with Gasteiger partial charge >= 0.3 is 0 Å². The van der Waals surface area contributed by atoms with Crippen LogP contribution in [0.5, 0.6) is 0 Å². The fourth-order valence-corrected chi connectivity index (χ4v) is 0. The fourth-order valence-electron chi connectivity index (χ4n) is 0. The maximum Gasteiger partial charge on any atom is 0.0814 e. The summed E-state index contributed by atoms with van der Waals surface area (Å²) < 4.78 is 0. The predicted molar refractivity (Wildman–Crippen MR) is 21.0 cm³/mol. The van der Waals surface area contributed by atoms with Crippen LogP contribution in [0.25, 0.3) is 0 Å². The molecule has 6 heavy (non-hydrogen) atoms. The van der Waals surface area contributed by atoms with E-state index in [9.17, 15) is 0 Å². The Balaban J connectivity index is 0. The Morgan fingerprint density at radius 1 is 0.667 bits per heavy atom. The minimum absolute atomic E-state index is 0. The second kappa shape index (κ2) is 44.9. The average molecular weight is 533 g/mol. The Hall–Kier alpha value is 2.88. The van der Waals surface area contributed by atoms with E-state index in [2.05, 4.69) is 0 Å². The van der Waals surface area contributed by atoms with Crippen molar-refractivity contribution in [2.45, 2.75) is 0 Å². The Bertz CT molecular complexity index is 11.5. The largest absolute Gasteiger partial charge is 0.153 e. The molecule has 0 saturated carbocycles. The Kier molecular flexibility index (Phi) is 497. The molecule has 0 fully saturated rings.